The quantitative estimate of drug-likeness (QED) is 0.861. The van der Waals surface area contributed by atoms with Gasteiger partial charge < -0.3 is 15.5 Å². The molecule has 1 heterocycles. The van der Waals surface area contributed by atoms with Crippen molar-refractivity contribution < 1.29 is 9.59 Å². The number of piperidine rings is 1. The summed E-state index contributed by atoms with van der Waals surface area (Å²) >= 11 is 0. The summed E-state index contributed by atoms with van der Waals surface area (Å²) in [6.07, 6.45) is 1.47. The standard InChI is InChI=1S/C17H25N3O2/c1-13(18-2)12-19-16(21)14-8-10-20(11-9-14)17(22)15-6-4-3-5-7-15/h3-7,13-14,18H,8-12H2,1-2H3,(H,19,21). The third-order valence-corrected chi connectivity index (χ3v) is 4.25. The minimum absolute atomic E-state index is 0.0175. The number of hydrogen-bond acceptors (Lipinski definition) is 3. The Morgan fingerprint density at radius 1 is 1.23 bits per heavy atom. The third-order valence-electron chi connectivity index (χ3n) is 4.25. The number of likely N-dealkylation sites (N-methyl/N-ethyl adjacent to an activating group) is 1. The fourth-order valence-corrected chi connectivity index (χ4v) is 2.61. The molecular formula is C17H25N3O2. The molecule has 1 aromatic carbocycles. The average Bonchev–Trinajstić information content (AvgIpc) is 2.59. The minimum Gasteiger partial charge on any atom is -0.354 e. The number of likely N-dealkylation sites (tertiary alicyclic amines) is 1. The first-order valence-electron chi connectivity index (χ1n) is 7.91. The van der Waals surface area contributed by atoms with E-state index in [0.29, 0.717) is 25.2 Å². The SMILES string of the molecule is CNC(C)CNC(=O)C1CCN(C(=O)c2ccccc2)CC1. The second-order valence-corrected chi connectivity index (χ2v) is 5.87. The number of carbonyl (C=O) groups is 2. The van der Waals surface area contributed by atoms with Crippen LogP contribution < -0.4 is 10.6 Å². The second-order valence-electron chi connectivity index (χ2n) is 5.87. The van der Waals surface area contributed by atoms with Crippen molar-refractivity contribution in [3.63, 3.8) is 0 Å². The Morgan fingerprint density at radius 3 is 2.45 bits per heavy atom. The van der Waals surface area contributed by atoms with E-state index < -0.39 is 0 Å². The first kappa shape index (κ1) is 16.5. The van der Waals surface area contributed by atoms with Crippen molar-refractivity contribution >= 4 is 11.8 Å². The molecule has 2 amide bonds. The van der Waals surface area contributed by atoms with Crippen LogP contribution in [-0.4, -0.2) is 49.4 Å². The maximum Gasteiger partial charge on any atom is 0.253 e. The molecule has 2 N–H and O–H groups in total. The van der Waals surface area contributed by atoms with E-state index in [1.165, 1.54) is 0 Å². The highest BCUT2D eigenvalue weighted by Gasteiger charge is 2.27. The van der Waals surface area contributed by atoms with Gasteiger partial charge in [0.2, 0.25) is 5.91 Å². The summed E-state index contributed by atoms with van der Waals surface area (Å²) in [4.78, 5) is 26.3. The van der Waals surface area contributed by atoms with E-state index in [1.54, 1.807) is 0 Å². The topological polar surface area (TPSA) is 61.4 Å². The van der Waals surface area contributed by atoms with Gasteiger partial charge in [0.05, 0.1) is 0 Å². The van der Waals surface area contributed by atoms with Crippen LogP contribution in [0.5, 0.6) is 0 Å². The van der Waals surface area contributed by atoms with Gasteiger partial charge >= 0.3 is 0 Å². The molecule has 0 aromatic heterocycles. The van der Waals surface area contributed by atoms with Gasteiger partial charge in [-0.1, -0.05) is 18.2 Å². The van der Waals surface area contributed by atoms with E-state index in [4.69, 9.17) is 0 Å². The number of carbonyl (C=O) groups excluding carboxylic acids is 2. The van der Waals surface area contributed by atoms with Crippen LogP contribution in [0.4, 0.5) is 0 Å². The predicted octanol–water partition coefficient (Wildman–Crippen LogP) is 1.26. The van der Waals surface area contributed by atoms with Gasteiger partial charge in [0.15, 0.2) is 0 Å². The molecule has 1 aromatic rings. The molecule has 120 valence electrons. The number of nitrogens with one attached hydrogen (secondary N) is 2. The van der Waals surface area contributed by atoms with Crippen molar-refractivity contribution in [2.75, 3.05) is 26.7 Å². The van der Waals surface area contributed by atoms with Crippen molar-refractivity contribution in [3.8, 4) is 0 Å². The predicted molar refractivity (Wildman–Crippen MR) is 86.6 cm³/mol. The molecule has 1 aliphatic rings. The summed E-state index contributed by atoms with van der Waals surface area (Å²) in [5.41, 5.74) is 0.716. The number of amides is 2. The third kappa shape index (κ3) is 4.31. The number of benzene rings is 1. The maximum absolute atomic E-state index is 12.3. The summed E-state index contributed by atoms with van der Waals surface area (Å²) in [6.45, 7) is 3.96. The Kier molecular flexibility index (Phi) is 5.95. The van der Waals surface area contributed by atoms with Crippen LogP contribution in [0.15, 0.2) is 30.3 Å². The van der Waals surface area contributed by atoms with Gasteiger partial charge in [-0.3, -0.25) is 9.59 Å². The Labute approximate surface area is 132 Å². The fourth-order valence-electron chi connectivity index (χ4n) is 2.61. The van der Waals surface area contributed by atoms with Crippen LogP contribution in [0, 0.1) is 5.92 Å². The molecule has 1 unspecified atom stereocenters. The highest BCUT2D eigenvalue weighted by atomic mass is 16.2. The molecule has 1 fully saturated rings. The van der Waals surface area contributed by atoms with Crippen LogP contribution in [0.1, 0.15) is 30.1 Å². The lowest BCUT2D eigenvalue weighted by Crippen LogP contribution is -2.45. The van der Waals surface area contributed by atoms with Gasteiger partial charge in [-0.2, -0.15) is 0 Å². The van der Waals surface area contributed by atoms with E-state index in [1.807, 2.05) is 49.2 Å². The zero-order valence-electron chi connectivity index (χ0n) is 13.3. The van der Waals surface area contributed by atoms with E-state index in [2.05, 4.69) is 10.6 Å². The van der Waals surface area contributed by atoms with Crippen molar-refractivity contribution in [2.24, 2.45) is 5.92 Å². The number of nitrogens with zero attached hydrogens (tertiary/aromatic N) is 1. The average molecular weight is 303 g/mol. The molecule has 1 atom stereocenters. The molecule has 2 rings (SSSR count). The van der Waals surface area contributed by atoms with E-state index in [-0.39, 0.29) is 23.8 Å². The number of hydrogen-bond donors (Lipinski definition) is 2. The van der Waals surface area contributed by atoms with E-state index in [9.17, 15) is 9.59 Å². The monoisotopic (exact) mass is 303 g/mol. The van der Waals surface area contributed by atoms with Crippen LogP contribution in [0.3, 0.4) is 0 Å². The molecular weight excluding hydrogens is 278 g/mol. The smallest absolute Gasteiger partial charge is 0.253 e. The van der Waals surface area contributed by atoms with Gasteiger partial charge in [-0.25, -0.2) is 0 Å². The van der Waals surface area contributed by atoms with Crippen molar-refractivity contribution in [1.82, 2.24) is 15.5 Å². The molecule has 5 heteroatoms. The van der Waals surface area contributed by atoms with E-state index >= 15 is 0 Å². The maximum atomic E-state index is 12.3. The van der Waals surface area contributed by atoms with Gasteiger partial charge in [0, 0.05) is 37.2 Å². The summed E-state index contributed by atoms with van der Waals surface area (Å²) in [5, 5.41) is 6.07. The van der Waals surface area contributed by atoms with Crippen molar-refractivity contribution in [3.05, 3.63) is 35.9 Å². The Morgan fingerprint density at radius 2 is 1.86 bits per heavy atom. The molecule has 0 saturated carbocycles. The molecule has 22 heavy (non-hydrogen) atoms. The molecule has 0 spiro atoms. The normalized spacial score (nSPS) is 17.1. The van der Waals surface area contributed by atoms with Crippen molar-refractivity contribution in [1.29, 1.82) is 0 Å². The molecule has 0 aliphatic carbocycles. The van der Waals surface area contributed by atoms with E-state index in [0.717, 1.165) is 12.8 Å². The van der Waals surface area contributed by atoms with Crippen LogP contribution >= 0.6 is 0 Å². The zero-order valence-corrected chi connectivity index (χ0v) is 13.3. The first-order valence-corrected chi connectivity index (χ1v) is 7.91. The Hall–Kier alpha value is -1.88. The van der Waals surface area contributed by atoms with Gasteiger partial charge in [0.1, 0.15) is 0 Å². The van der Waals surface area contributed by atoms with Gasteiger partial charge in [-0.15, -0.1) is 0 Å². The Balaban J connectivity index is 1.80. The first-order chi connectivity index (χ1) is 10.6. The van der Waals surface area contributed by atoms with Crippen LogP contribution in [0.2, 0.25) is 0 Å². The zero-order chi connectivity index (χ0) is 15.9. The lowest BCUT2D eigenvalue weighted by Gasteiger charge is -2.31. The number of rotatable bonds is 5. The second kappa shape index (κ2) is 7.94. The lowest BCUT2D eigenvalue weighted by molar-refractivity contribution is -0.126. The van der Waals surface area contributed by atoms with Gasteiger partial charge in [0.25, 0.3) is 5.91 Å². The fraction of sp³-hybridized carbons (Fsp3) is 0.529. The van der Waals surface area contributed by atoms with Crippen molar-refractivity contribution in [2.45, 2.75) is 25.8 Å². The molecule has 1 saturated heterocycles. The molecule has 1 aliphatic heterocycles. The summed E-state index contributed by atoms with van der Waals surface area (Å²) < 4.78 is 0. The largest absolute Gasteiger partial charge is 0.354 e. The summed E-state index contributed by atoms with van der Waals surface area (Å²) in [7, 11) is 1.88. The highest BCUT2D eigenvalue weighted by molar-refractivity contribution is 5.94. The molecule has 5 nitrogen and oxygen atoms in total. The molecule has 0 radical (unpaired) electrons. The Bertz CT molecular complexity index is 496. The molecule has 0 bridgehead atoms. The summed E-state index contributed by atoms with van der Waals surface area (Å²) in [5.74, 6) is 0.182. The van der Waals surface area contributed by atoms with Crippen LogP contribution in [0.25, 0.3) is 0 Å². The lowest BCUT2D eigenvalue weighted by atomic mass is 9.95. The summed E-state index contributed by atoms with van der Waals surface area (Å²) in [6, 6.07) is 9.58. The highest BCUT2D eigenvalue weighted by Crippen LogP contribution is 2.19. The van der Waals surface area contributed by atoms with Gasteiger partial charge in [-0.05, 0) is 38.9 Å². The van der Waals surface area contributed by atoms with Crippen LogP contribution in [-0.2, 0) is 4.79 Å². The minimum atomic E-state index is 0.0175.